The molecular formula is C13H17Cl. The van der Waals surface area contributed by atoms with Crippen molar-refractivity contribution in [3.63, 3.8) is 0 Å². The van der Waals surface area contributed by atoms with Gasteiger partial charge in [0.1, 0.15) is 0 Å². The van der Waals surface area contributed by atoms with E-state index in [-0.39, 0.29) is 0 Å². The van der Waals surface area contributed by atoms with E-state index in [0.29, 0.717) is 5.88 Å². The molecular weight excluding hydrogens is 192 g/mol. The predicted octanol–water partition coefficient (Wildman–Crippen LogP) is 4.28. The zero-order chi connectivity index (χ0) is 10.2. The van der Waals surface area contributed by atoms with Gasteiger partial charge in [0.05, 0.1) is 0 Å². The van der Waals surface area contributed by atoms with Crippen LogP contribution in [0.4, 0.5) is 0 Å². The lowest BCUT2D eigenvalue weighted by molar-refractivity contribution is 0.922. The van der Waals surface area contributed by atoms with E-state index in [9.17, 15) is 0 Å². The van der Waals surface area contributed by atoms with Gasteiger partial charge in [-0.2, -0.15) is 0 Å². The van der Waals surface area contributed by atoms with Crippen LogP contribution in [-0.2, 0) is 6.42 Å². The number of alkyl halides is 1. The first-order chi connectivity index (χ1) is 6.86. The summed E-state index contributed by atoms with van der Waals surface area (Å²) in [4.78, 5) is 0. The minimum Gasteiger partial charge on any atom is -0.126 e. The summed E-state index contributed by atoms with van der Waals surface area (Å²) >= 11 is 5.58. The summed E-state index contributed by atoms with van der Waals surface area (Å²) in [5.41, 5.74) is 2.68. The fourth-order valence-electron chi connectivity index (χ4n) is 1.37. The molecule has 0 atom stereocenters. The fourth-order valence-corrected chi connectivity index (χ4v) is 1.49. The first kappa shape index (κ1) is 11.3. The molecule has 1 aromatic rings. The SMILES string of the molecule is CCCc1ccc(/C=C/CCCl)cc1. The Labute approximate surface area is 91.6 Å². The van der Waals surface area contributed by atoms with Crippen molar-refractivity contribution in [3.05, 3.63) is 41.5 Å². The zero-order valence-electron chi connectivity index (χ0n) is 8.67. The molecule has 0 aliphatic heterocycles. The fraction of sp³-hybridized carbons (Fsp3) is 0.385. The summed E-state index contributed by atoms with van der Waals surface area (Å²) in [5, 5.41) is 0. The maximum Gasteiger partial charge on any atom is 0.0258 e. The number of halogens is 1. The van der Waals surface area contributed by atoms with Gasteiger partial charge in [-0.1, -0.05) is 49.8 Å². The second-order valence-corrected chi connectivity index (χ2v) is 3.75. The average Bonchev–Trinajstić information content (AvgIpc) is 2.21. The molecule has 0 aliphatic rings. The largest absolute Gasteiger partial charge is 0.126 e. The second kappa shape index (κ2) is 6.67. The van der Waals surface area contributed by atoms with Crippen LogP contribution in [0, 0.1) is 0 Å². The first-order valence-electron chi connectivity index (χ1n) is 5.18. The van der Waals surface area contributed by atoms with E-state index in [4.69, 9.17) is 11.6 Å². The summed E-state index contributed by atoms with van der Waals surface area (Å²) in [6.07, 6.45) is 7.56. The molecule has 1 heteroatoms. The Morgan fingerprint density at radius 2 is 1.93 bits per heavy atom. The van der Waals surface area contributed by atoms with Crippen LogP contribution in [0.3, 0.4) is 0 Å². The Kier molecular flexibility index (Phi) is 5.39. The van der Waals surface area contributed by atoms with E-state index in [1.54, 1.807) is 0 Å². The summed E-state index contributed by atoms with van der Waals surface area (Å²) < 4.78 is 0. The van der Waals surface area contributed by atoms with Gasteiger partial charge in [-0.05, 0) is 24.0 Å². The van der Waals surface area contributed by atoms with Crippen molar-refractivity contribution in [2.24, 2.45) is 0 Å². The van der Waals surface area contributed by atoms with Gasteiger partial charge >= 0.3 is 0 Å². The molecule has 0 fully saturated rings. The quantitative estimate of drug-likeness (QED) is 0.634. The number of hydrogen-bond donors (Lipinski definition) is 0. The van der Waals surface area contributed by atoms with Crippen molar-refractivity contribution in [2.45, 2.75) is 26.2 Å². The number of aryl methyl sites for hydroxylation is 1. The lowest BCUT2D eigenvalue weighted by Gasteiger charge is -1.98. The van der Waals surface area contributed by atoms with Gasteiger partial charge in [0.2, 0.25) is 0 Å². The molecule has 0 saturated carbocycles. The predicted molar refractivity (Wildman–Crippen MR) is 64.8 cm³/mol. The smallest absolute Gasteiger partial charge is 0.0258 e. The topological polar surface area (TPSA) is 0 Å². The monoisotopic (exact) mass is 208 g/mol. The van der Waals surface area contributed by atoms with Crippen LogP contribution in [0.25, 0.3) is 6.08 Å². The molecule has 0 N–H and O–H groups in total. The van der Waals surface area contributed by atoms with E-state index >= 15 is 0 Å². The van der Waals surface area contributed by atoms with E-state index < -0.39 is 0 Å². The molecule has 0 unspecified atom stereocenters. The van der Waals surface area contributed by atoms with Crippen molar-refractivity contribution >= 4 is 17.7 Å². The van der Waals surface area contributed by atoms with Gasteiger partial charge < -0.3 is 0 Å². The minimum atomic E-state index is 0.699. The molecule has 14 heavy (non-hydrogen) atoms. The number of allylic oxidation sites excluding steroid dienone is 1. The standard InChI is InChI=1S/C13H17Cl/c1-2-5-12-7-9-13(10-8-12)6-3-4-11-14/h3,6-10H,2,4-5,11H2,1H3/b6-3+. The molecule has 0 saturated heterocycles. The summed E-state index contributed by atoms with van der Waals surface area (Å²) in [6, 6.07) is 8.72. The number of benzene rings is 1. The average molecular weight is 209 g/mol. The molecule has 0 nitrogen and oxygen atoms in total. The maximum atomic E-state index is 5.58. The van der Waals surface area contributed by atoms with Crippen LogP contribution < -0.4 is 0 Å². The Hall–Kier alpha value is -0.750. The highest BCUT2D eigenvalue weighted by Gasteiger charge is 1.90. The first-order valence-corrected chi connectivity index (χ1v) is 5.71. The van der Waals surface area contributed by atoms with Gasteiger partial charge in [-0.15, -0.1) is 11.6 Å². The Bertz CT molecular complexity index is 272. The summed E-state index contributed by atoms with van der Waals surface area (Å²) in [7, 11) is 0. The number of hydrogen-bond acceptors (Lipinski definition) is 0. The molecule has 1 aromatic carbocycles. The zero-order valence-corrected chi connectivity index (χ0v) is 9.43. The van der Waals surface area contributed by atoms with Crippen LogP contribution in [0.5, 0.6) is 0 Å². The van der Waals surface area contributed by atoms with E-state index in [2.05, 4.69) is 43.3 Å². The van der Waals surface area contributed by atoms with Crippen molar-refractivity contribution < 1.29 is 0 Å². The number of rotatable bonds is 5. The molecule has 0 radical (unpaired) electrons. The molecule has 0 aromatic heterocycles. The molecule has 76 valence electrons. The third kappa shape index (κ3) is 3.97. The molecule has 0 heterocycles. The lowest BCUT2D eigenvalue weighted by atomic mass is 10.1. The highest BCUT2D eigenvalue weighted by molar-refractivity contribution is 6.17. The Morgan fingerprint density at radius 3 is 2.50 bits per heavy atom. The van der Waals surface area contributed by atoms with Crippen molar-refractivity contribution in [1.82, 2.24) is 0 Å². The summed E-state index contributed by atoms with van der Waals surface area (Å²) in [6.45, 7) is 2.20. The van der Waals surface area contributed by atoms with Gasteiger partial charge in [-0.25, -0.2) is 0 Å². The van der Waals surface area contributed by atoms with Gasteiger partial charge in [0.25, 0.3) is 0 Å². The second-order valence-electron chi connectivity index (χ2n) is 3.37. The van der Waals surface area contributed by atoms with E-state index in [0.717, 1.165) is 6.42 Å². The molecule has 0 bridgehead atoms. The third-order valence-electron chi connectivity index (χ3n) is 2.10. The van der Waals surface area contributed by atoms with Gasteiger partial charge in [-0.3, -0.25) is 0 Å². The van der Waals surface area contributed by atoms with E-state index in [1.165, 1.54) is 24.0 Å². The van der Waals surface area contributed by atoms with Crippen LogP contribution >= 0.6 is 11.6 Å². The molecule has 0 spiro atoms. The van der Waals surface area contributed by atoms with Gasteiger partial charge in [0, 0.05) is 5.88 Å². The highest BCUT2D eigenvalue weighted by atomic mass is 35.5. The van der Waals surface area contributed by atoms with Crippen LogP contribution in [-0.4, -0.2) is 5.88 Å². The van der Waals surface area contributed by atoms with E-state index in [1.807, 2.05) is 0 Å². The Morgan fingerprint density at radius 1 is 1.21 bits per heavy atom. The normalized spacial score (nSPS) is 11.0. The molecule has 0 amide bonds. The van der Waals surface area contributed by atoms with Crippen LogP contribution in [0.15, 0.2) is 30.3 Å². The highest BCUT2D eigenvalue weighted by Crippen LogP contribution is 2.08. The summed E-state index contributed by atoms with van der Waals surface area (Å²) in [5.74, 6) is 0.699. The lowest BCUT2D eigenvalue weighted by Crippen LogP contribution is -1.82. The van der Waals surface area contributed by atoms with Crippen molar-refractivity contribution in [3.8, 4) is 0 Å². The van der Waals surface area contributed by atoms with Crippen molar-refractivity contribution in [1.29, 1.82) is 0 Å². The Balaban J connectivity index is 2.54. The van der Waals surface area contributed by atoms with Crippen molar-refractivity contribution in [2.75, 3.05) is 5.88 Å². The van der Waals surface area contributed by atoms with Crippen LogP contribution in [0.2, 0.25) is 0 Å². The molecule has 0 aliphatic carbocycles. The van der Waals surface area contributed by atoms with Gasteiger partial charge in [0.15, 0.2) is 0 Å². The van der Waals surface area contributed by atoms with Crippen LogP contribution in [0.1, 0.15) is 30.9 Å². The third-order valence-corrected chi connectivity index (χ3v) is 2.32. The minimum absolute atomic E-state index is 0.699. The molecule has 1 rings (SSSR count). The maximum absolute atomic E-state index is 5.58.